The van der Waals surface area contributed by atoms with Gasteiger partial charge in [0.05, 0.1) is 18.9 Å². The van der Waals surface area contributed by atoms with E-state index in [0.717, 1.165) is 12.8 Å². The predicted molar refractivity (Wildman–Crippen MR) is 114 cm³/mol. The maximum Gasteiger partial charge on any atom is 0.237 e. The van der Waals surface area contributed by atoms with Gasteiger partial charge in [-0.25, -0.2) is 17.5 Å². The Morgan fingerprint density at radius 2 is 2.10 bits per heavy atom. The maximum absolute atomic E-state index is 14.0. The molecule has 1 aromatic carbocycles. The molecule has 8 nitrogen and oxygen atoms in total. The normalized spacial score (nSPS) is 20.6. The number of unbranched alkanes of at least 4 members (excludes halogenated alkanes) is 2. The van der Waals surface area contributed by atoms with Gasteiger partial charge in [0.15, 0.2) is 17.9 Å². The second-order valence-corrected chi connectivity index (χ2v) is 10.2. The Labute approximate surface area is 183 Å². The molecule has 1 unspecified atom stereocenters. The first-order chi connectivity index (χ1) is 14.8. The third kappa shape index (κ3) is 7.41. The van der Waals surface area contributed by atoms with Crippen LogP contribution in [0.2, 0.25) is 0 Å². The summed E-state index contributed by atoms with van der Waals surface area (Å²) in [4.78, 5) is 12.8. The molecule has 0 bridgehead atoms. The van der Waals surface area contributed by atoms with Crippen molar-refractivity contribution >= 4 is 15.9 Å². The number of ether oxygens (including phenoxy) is 1. The van der Waals surface area contributed by atoms with Gasteiger partial charge in [-0.3, -0.25) is 9.69 Å². The SMILES string of the molecule is CC[C@@H](NS(=O)(=O)CCCCCN1CC(=O)NC1O)c1ccc(F)c(OCC2CC2)c1. The molecule has 1 saturated carbocycles. The van der Waals surface area contributed by atoms with Crippen LogP contribution in [-0.2, 0) is 14.8 Å². The van der Waals surface area contributed by atoms with Crippen LogP contribution in [0.5, 0.6) is 5.75 Å². The van der Waals surface area contributed by atoms with E-state index in [1.165, 1.54) is 6.07 Å². The van der Waals surface area contributed by atoms with Crippen LogP contribution >= 0.6 is 0 Å². The highest BCUT2D eigenvalue weighted by Gasteiger charge is 2.27. The van der Waals surface area contributed by atoms with Crippen molar-refractivity contribution in [3.05, 3.63) is 29.6 Å². The fourth-order valence-corrected chi connectivity index (χ4v) is 4.98. The number of amides is 1. The van der Waals surface area contributed by atoms with E-state index in [-0.39, 0.29) is 24.0 Å². The number of hydrogen-bond acceptors (Lipinski definition) is 6. The molecule has 2 fully saturated rings. The summed E-state index contributed by atoms with van der Waals surface area (Å²) >= 11 is 0. The lowest BCUT2D eigenvalue weighted by molar-refractivity contribution is -0.119. The Morgan fingerprint density at radius 1 is 1.32 bits per heavy atom. The smallest absolute Gasteiger partial charge is 0.237 e. The van der Waals surface area contributed by atoms with Gasteiger partial charge in [-0.1, -0.05) is 19.4 Å². The topological polar surface area (TPSA) is 108 Å². The Bertz CT molecular complexity index is 863. The van der Waals surface area contributed by atoms with Gasteiger partial charge < -0.3 is 15.2 Å². The Hall–Kier alpha value is -1.75. The first-order valence-electron chi connectivity index (χ1n) is 10.9. The van der Waals surface area contributed by atoms with Gasteiger partial charge >= 0.3 is 0 Å². The molecule has 1 amide bonds. The second-order valence-electron chi connectivity index (χ2n) is 8.31. The minimum atomic E-state index is -3.51. The summed E-state index contributed by atoms with van der Waals surface area (Å²) in [6, 6.07) is 4.05. The summed E-state index contributed by atoms with van der Waals surface area (Å²) in [5.41, 5.74) is 0.679. The molecule has 0 spiro atoms. The minimum Gasteiger partial charge on any atom is -0.490 e. The van der Waals surface area contributed by atoms with Gasteiger partial charge in [-0.05, 0) is 55.7 Å². The van der Waals surface area contributed by atoms with E-state index in [0.29, 0.717) is 50.3 Å². The first kappa shape index (κ1) is 23.9. The quantitative estimate of drug-likeness (QED) is 0.390. The van der Waals surface area contributed by atoms with Crippen LogP contribution < -0.4 is 14.8 Å². The Morgan fingerprint density at radius 3 is 2.74 bits per heavy atom. The molecular formula is C21H32FN3O5S. The number of sulfonamides is 1. The van der Waals surface area contributed by atoms with Crippen LogP contribution in [0.4, 0.5) is 4.39 Å². The highest BCUT2D eigenvalue weighted by atomic mass is 32.2. The zero-order chi connectivity index (χ0) is 22.4. The van der Waals surface area contributed by atoms with E-state index in [2.05, 4.69) is 10.0 Å². The fourth-order valence-electron chi connectivity index (χ4n) is 3.54. The standard InChI is InChI=1S/C21H32FN3O5S/c1-2-18(16-8-9-17(22)19(12-16)30-14-15-6-7-15)24-31(28,29)11-5-3-4-10-25-13-20(26)23-21(25)27/h8-9,12,15,18,21,24,27H,2-7,10-11,13-14H2,1H3,(H,23,26)/t18-,21?/m1/s1. The number of aliphatic hydroxyl groups is 1. The van der Waals surface area contributed by atoms with Crippen LogP contribution in [0.15, 0.2) is 18.2 Å². The highest BCUT2D eigenvalue weighted by molar-refractivity contribution is 7.89. The lowest BCUT2D eigenvalue weighted by Gasteiger charge is -2.19. The number of carbonyl (C=O) groups excluding carboxylic acids is 1. The van der Waals surface area contributed by atoms with Crippen LogP contribution in [0.1, 0.15) is 57.1 Å². The third-order valence-corrected chi connectivity index (χ3v) is 7.07. The number of halogens is 1. The average molecular weight is 458 g/mol. The van der Waals surface area contributed by atoms with E-state index in [4.69, 9.17) is 4.74 Å². The van der Waals surface area contributed by atoms with Crippen molar-refractivity contribution in [2.24, 2.45) is 5.92 Å². The van der Waals surface area contributed by atoms with Crippen molar-refractivity contribution < 1.29 is 27.4 Å². The molecule has 1 aromatic rings. The van der Waals surface area contributed by atoms with Crippen molar-refractivity contribution in [3.63, 3.8) is 0 Å². The molecular weight excluding hydrogens is 425 g/mol. The fraction of sp³-hybridized carbons (Fsp3) is 0.667. The molecule has 31 heavy (non-hydrogen) atoms. The van der Waals surface area contributed by atoms with Crippen molar-refractivity contribution in [2.75, 3.05) is 25.4 Å². The van der Waals surface area contributed by atoms with Crippen LogP contribution in [-0.4, -0.2) is 56.1 Å². The van der Waals surface area contributed by atoms with Gasteiger partial charge in [0.1, 0.15) is 0 Å². The summed E-state index contributed by atoms with van der Waals surface area (Å²) in [7, 11) is -3.51. The minimum absolute atomic E-state index is 0.0184. The van der Waals surface area contributed by atoms with Crippen LogP contribution in [0.25, 0.3) is 0 Å². The molecule has 1 saturated heterocycles. The number of hydrogen-bond donors (Lipinski definition) is 3. The summed E-state index contributed by atoms with van der Waals surface area (Å²) in [5, 5.41) is 12.0. The van der Waals surface area contributed by atoms with Crippen molar-refractivity contribution in [2.45, 2.75) is 57.8 Å². The van der Waals surface area contributed by atoms with E-state index in [1.54, 1.807) is 17.0 Å². The molecule has 3 rings (SSSR count). The lowest BCUT2D eigenvalue weighted by Crippen LogP contribution is -2.36. The van der Waals surface area contributed by atoms with Gasteiger partial charge in [0, 0.05) is 12.6 Å². The number of nitrogens with one attached hydrogen (secondary N) is 2. The molecule has 3 N–H and O–H groups in total. The van der Waals surface area contributed by atoms with Gasteiger partial charge in [0.2, 0.25) is 15.9 Å². The van der Waals surface area contributed by atoms with Gasteiger partial charge in [0.25, 0.3) is 0 Å². The van der Waals surface area contributed by atoms with Gasteiger partial charge in [-0.15, -0.1) is 0 Å². The Balaban J connectivity index is 1.46. The predicted octanol–water partition coefficient (Wildman–Crippen LogP) is 1.86. The molecule has 174 valence electrons. The summed E-state index contributed by atoms with van der Waals surface area (Å²) < 4.78 is 47.4. The van der Waals surface area contributed by atoms with Crippen molar-refractivity contribution in [1.82, 2.24) is 14.9 Å². The zero-order valence-corrected chi connectivity index (χ0v) is 18.7. The van der Waals surface area contributed by atoms with Crippen molar-refractivity contribution in [1.29, 1.82) is 0 Å². The number of carbonyl (C=O) groups is 1. The molecule has 1 aliphatic heterocycles. The molecule has 1 aliphatic carbocycles. The van der Waals surface area contributed by atoms with E-state index in [1.807, 2.05) is 6.92 Å². The lowest BCUT2D eigenvalue weighted by atomic mass is 10.1. The molecule has 1 heterocycles. The molecule has 0 radical (unpaired) electrons. The summed E-state index contributed by atoms with van der Waals surface area (Å²) in [5.74, 6) is -0.0165. The zero-order valence-electron chi connectivity index (χ0n) is 17.8. The van der Waals surface area contributed by atoms with E-state index in [9.17, 15) is 22.7 Å². The molecule has 2 aliphatic rings. The molecule has 0 aromatic heterocycles. The highest BCUT2D eigenvalue weighted by Crippen LogP contribution is 2.31. The summed E-state index contributed by atoms with van der Waals surface area (Å²) in [6.45, 7) is 3.03. The second kappa shape index (κ2) is 10.7. The Kier molecular flexibility index (Phi) is 8.26. The maximum atomic E-state index is 14.0. The monoisotopic (exact) mass is 457 g/mol. The number of rotatable bonds is 13. The molecule has 2 atom stereocenters. The molecule has 10 heteroatoms. The van der Waals surface area contributed by atoms with Gasteiger partial charge in [-0.2, -0.15) is 0 Å². The number of nitrogens with zero attached hydrogens (tertiary/aromatic N) is 1. The van der Waals surface area contributed by atoms with E-state index >= 15 is 0 Å². The third-order valence-electron chi connectivity index (χ3n) is 5.60. The summed E-state index contributed by atoms with van der Waals surface area (Å²) in [6.07, 6.45) is 3.58. The number of benzene rings is 1. The van der Waals surface area contributed by atoms with Crippen LogP contribution in [0.3, 0.4) is 0 Å². The van der Waals surface area contributed by atoms with E-state index < -0.39 is 28.2 Å². The number of aliphatic hydroxyl groups excluding tert-OH is 1. The largest absolute Gasteiger partial charge is 0.490 e. The first-order valence-corrected chi connectivity index (χ1v) is 12.6. The van der Waals surface area contributed by atoms with Crippen molar-refractivity contribution in [3.8, 4) is 5.75 Å². The average Bonchev–Trinajstić information content (AvgIpc) is 3.49. The van der Waals surface area contributed by atoms with Crippen LogP contribution in [0, 0.1) is 11.7 Å².